The van der Waals surface area contributed by atoms with Gasteiger partial charge in [-0.2, -0.15) is 0 Å². The molecule has 0 saturated carbocycles. The zero-order valence-corrected chi connectivity index (χ0v) is 16.8. The topological polar surface area (TPSA) is 51.9 Å². The molecular weight excluding hydrogens is 374 g/mol. The Kier molecular flexibility index (Phi) is 6.92. The van der Waals surface area contributed by atoms with Gasteiger partial charge in [-0.3, -0.25) is 4.79 Å². The first-order chi connectivity index (χ1) is 13.7. The van der Waals surface area contributed by atoms with Crippen molar-refractivity contribution >= 4 is 23.3 Å². The molecule has 0 spiro atoms. The van der Waals surface area contributed by atoms with Gasteiger partial charge in [0.15, 0.2) is 11.5 Å². The molecule has 0 fully saturated rings. The Morgan fingerprint density at radius 1 is 1.21 bits per heavy atom. The summed E-state index contributed by atoms with van der Waals surface area (Å²) < 4.78 is 16.6. The van der Waals surface area contributed by atoms with E-state index in [1.54, 1.807) is 47.8 Å². The van der Waals surface area contributed by atoms with Crippen molar-refractivity contribution < 1.29 is 18.7 Å². The van der Waals surface area contributed by atoms with E-state index in [1.807, 2.05) is 42.6 Å². The first-order valence-electron chi connectivity index (χ1n) is 9.02. The van der Waals surface area contributed by atoms with E-state index in [2.05, 4.69) is 0 Å². The van der Waals surface area contributed by atoms with E-state index in [9.17, 15) is 4.79 Å². The van der Waals surface area contributed by atoms with Gasteiger partial charge in [-0.05, 0) is 54.3 Å². The highest BCUT2D eigenvalue weighted by Crippen LogP contribution is 2.29. The smallest absolute Gasteiger partial charge is 0.246 e. The van der Waals surface area contributed by atoms with Gasteiger partial charge in [-0.25, -0.2) is 0 Å². The molecule has 5 nitrogen and oxygen atoms in total. The monoisotopic (exact) mass is 397 g/mol. The normalized spacial score (nSPS) is 10.9. The molecule has 2 heterocycles. The largest absolute Gasteiger partial charge is 0.493 e. The van der Waals surface area contributed by atoms with Crippen molar-refractivity contribution in [3.05, 3.63) is 76.4 Å². The van der Waals surface area contributed by atoms with Crippen LogP contribution in [0.15, 0.2) is 64.6 Å². The summed E-state index contributed by atoms with van der Waals surface area (Å²) in [6.07, 6.45) is 4.78. The number of hydrogen-bond donors (Lipinski definition) is 0. The quantitative estimate of drug-likeness (QED) is 0.477. The number of methoxy groups -OCH3 is 1. The van der Waals surface area contributed by atoms with Gasteiger partial charge in [0, 0.05) is 24.0 Å². The molecule has 2 aromatic heterocycles. The summed E-state index contributed by atoms with van der Waals surface area (Å²) in [5.41, 5.74) is 0.974. The van der Waals surface area contributed by atoms with Crippen LogP contribution < -0.4 is 9.47 Å². The summed E-state index contributed by atoms with van der Waals surface area (Å²) in [6, 6.07) is 13.4. The van der Waals surface area contributed by atoms with Crippen molar-refractivity contribution in [2.45, 2.75) is 20.1 Å². The summed E-state index contributed by atoms with van der Waals surface area (Å²) in [5.74, 6) is 1.92. The minimum absolute atomic E-state index is 0.0733. The van der Waals surface area contributed by atoms with Crippen molar-refractivity contribution in [2.24, 2.45) is 0 Å². The highest BCUT2D eigenvalue weighted by Gasteiger charge is 2.12. The molecule has 0 aliphatic carbocycles. The van der Waals surface area contributed by atoms with Gasteiger partial charge in [0.25, 0.3) is 0 Å². The Morgan fingerprint density at radius 2 is 2.11 bits per heavy atom. The number of carbonyl (C=O) groups excluding carboxylic acids is 1. The van der Waals surface area contributed by atoms with E-state index < -0.39 is 0 Å². The zero-order chi connectivity index (χ0) is 19.8. The zero-order valence-electron chi connectivity index (χ0n) is 16.0. The van der Waals surface area contributed by atoms with Crippen LogP contribution in [0.3, 0.4) is 0 Å². The predicted molar refractivity (Wildman–Crippen MR) is 110 cm³/mol. The van der Waals surface area contributed by atoms with Gasteiger partial charge in [0.05, 0.1) is 13.4 Å². The molecule has 0 radical (unpaired) electrons. The predicted octanol–water partition coefficient (Wildman–Crippen LogP) is 4.99. The van der Waals surface area contributed by atoms with Crippen LogP contribution in [0.25, 0.3) is 6.08 Å². The maximum absolute atomic E-state index is 12.5. The molecule has 6 heteroatoms. The number of furan rings is 1. The summed E-state index contributed by atoms with van der Waals surface area (Å²) in [5, 5.41) is 2.02. The Bertz CT molecular complexity index is 901. The molecule has 3 rings (SSSR count). The van der Waals surface area contributed by atoms with Crippen LogP contribution in [0, 0.1) is 0 Å². The van der Waals surface area contributed by atoms with Crippen LogP contribution in [-0.4, -0.2) is 24.5 Å². The van der Waals surface area contributed by atoms with Gasteiger partial charge >= 0.3 is 0 Å². The van der Waals surface area contributed by atoms with E-state index in [1.165, 1.54) is 6.08 Å². The van der Waals surface area contributed by atoms with Crippen LogP contribution in [0.2, 0.25) is 0 Å². The highest BCUT2D eigenvalue weighted by atomic mass is 32.1. The highest BCUT2D eigenvalue weighted by molar-refractivity contribution is 7.09. The van der Waals surface area contributed by atoms with Crippen molar-refractivity contribution in [3.63, 3.8) is 0 Å². The number of rotatable bonds is 9. The molecule has 3 aromatic rings. The third-order valence-electron chi connectivity index (χ3n) is 4.18. The fourth-order valence-corrected chi connectivity index (χ4v) is 3.30. The minimum Gasteiger partial charge on any atom is -0.493 e. The van der Waals surface area contributed by atoms with E-state index in [0.717, 1.165) is 10.4 Å². The number of hydrogen-bond acceptors (Lipinski definition) is 5. The van der Waals surface area contributed by atoms with Crippen LogP contribution >= 0.6 is 11.3 Å². The van der Waals surface area contributed by atoms with Gasteiger partial charge in [0.1, 0.15) is 12.4 Å². The van der Waals surface area contributed by atoms with Crippen molar-refractivity contribution in [3.8, 4) is 11.5 Å². The van der Waals surface area contributed by atoms with Gasteiger partial charge < -0.3 is 18.8 Å². The fraction of sp³-hybridized carbons (Fsp3) is 0.227. The first kappa shape index (κ1) is 19.8. The average Bonchev–Trinajstić information content (AvgIpc) is 3.43. The van der Waals surface area contributed by atoms with Crippen LogP contribution in [0.4, 0.5) is 0 Å². The maximum Gasteiger partial charge on any atom is 0.246 e. The van der Waals surface area contributed by atoms with Crippen molar-refractivity contribution in [1.82, 2.24) is 4.90 Å². The van der Waals surface area contributed by atoms with E-state index in [4.69, 9.17) is 13.9 Å². The lowest BCUT2D eigenvalue weighted by Crippen LogP contribution is -2.28. The lowest BCUT2D eigenvalue weighted by molar-refractivity contribution is -0.126. The molecule has 0 aliphatic rings. The van der Waals surface area contributed by atoms with Crippen LogP contribution in [0.1, 0.15) is 23.1 Å². The summed E-state index contributed by atoms with van der Waals surface area (Å²) in [7, 11) is 1.62. The number of ether oxygens (including phenoxy) is 2. The van der Waals surface area contributed by atoms with E-state index >= 15 is 0 Å². The summed E-state index contributed by atoms with van der Waals surface area (Å²) >= 11 is 1.65. The molecule has 0 saturated heterocycles. The van der Waals surface area contributed by atoms with Crippen LogP contribution in [0.5, 0.6) is 11.5 Å². The molecular formula is C22H23NO4S. The Hall–Kier alpha value is -2.99. The second-order valence-corrected chi connectivity index (χ2v) is 7.09. The molecule has 0 atom stereocenters. The average molecular weight is 397 g/mol. The third-order valence-corrected chi connectivity index (χ3v) is 5.03. The minimum atomic E-state index is -0.0733. The summed E-state index contributed by atoms with van der Waals surface area (Å²) in [4.78, 5) is 15.4. The fourth-order valence-electron chi connectivity index (χ4n) is 2.68. The molecule has 28 heavy (non-hydrogen) atoms. The maximum atomic E-state index is 12.5. The van der Waals surface area contributed by atoms with Gasteiger partial charge in [-0.1, -0.05) is 12.1 Å². The van der Waals surface area contributed by atoms with Crippen molar-refractivity contribution in [1.29, 1.82) is 0 Å². The van der Waals surface area contributed by atoms with Gasteiger partial charge in [-0.15, -0.1) is 11.3 Å². The summed E-state index contributed by atoms with van der Waals surface area (Å²) in [6.45, 7) is 3.54. The number of amides is 1. The van der Waals surface area contributed by atoms with Crippen LogP contribution in [-0.2, 0) is 17.9 Å². The standard InChI is InChI=1S/C22H23NO4S/c1-3-23(22(24)11-9-18-6-4-12-26-18)15-17-8-10-20(21(14-17)25-2)27-16-19-7-5-13-28-19/h4-14H,3,15-16H2,1-2H3/b11-9+. The van der Waals surface area contributed by atoms with Crippen molar-refractivity contribution in [2.75, 3.05) is 13.7 Å². The number of nitrogens with zero attached hydrogens (tertiary/aromatic N) is 1. The molecule has 146 valence electrons. The molecule has 0 unspecified atom stereocenters. The number of thiophene rings is 1. The van der Waals surface area contributed by atoms with Gasteiger partial charge in [0.2, 0.25) is 5.91 Å². The number of carbonyl (C=O) groups is 1. The van der Waals surface area contributed by atoms with E-state index in [0.29, 0.717) is 37.0 Å². The SMILES string of the molecule is CCN(Cc1ccc(OCc2cccs2)c(OC)c1)C(=O)/C=C/c1ccco1. The van der Waals surface area contributed by atoms with E-state index in [-0.39, 0.29) is 5.91 Å². The Labute approximate surface area is 168 Å². The second kappa shape index (κ2) is 9.80. The molecule has 0 bridgehead atoms. The second-order valence-electron chi connectivity index (χ2n) is 6.05. The Balaban J connectivity index is 1.65. The first-order valence-corrected chi connectivity index (χ1v) is 9.90. The number of likely N-dealkylation sites (N-methyl/N-ethyl adjacent to an activating group) is 1. The lowest BCUT2D eigenvalue weighted by Gasteiger charge is -2.20. The lowest BCUT2D eigenvalue weighted by atomic mass is 10.2. The Morgan fingerprint density at radius 3 is 2.79 bits per heavy atom. The third kappa shape index (κ3) is 5.27. The molecule has 1 aromatic carbocycles. The molecule has 1 amide bonds. The molecule has 0 N–H and O–H groups in total. The molecule has 0 aliphatic heterocycles. The number of benzene rings is 1.